The summed E-state index contributed by atoms with van der Waals surface area (Å²) < 4.78 is 2.66. The lowest BCUT2D eigenvalue weighted by atomic mass is 9.90. The highest BCUT2D eigenvalue weighted by molar-refractivity contribution is 14.1. The minimum Gasteiger partial charge on any atom is -0.305 e. The lowest BCUT2D eigenvalue weighted by molar-refractivity contribution is 0.775. The number of benzene rings is 2. The van der Waals surface area contributed by atoms with E-state index in [1.54, 1.807) is 4.52 Å². The summed E-state index contributed by atoms with van der Waals surface area (Å²) in [6.07, 6.45) is 1.82. The van der Waals surface area contributed by atoms with Crippen molar-refractivity contribution in [1.29, 1.82) is 5.26 Å². The zero-order valence-corrected chi connectivity index (χ0v) is 16.9. The Hall–Kier alpha value is -2.37. The molecule has 5 nitrogen and oxygen atoms in total. The fraction of sp³-hybridized carbons (Fsp3) is 0.150. The van der Waals surface area contributed by atoms with E-state index in [0.29, 0.717) is 32.8 Å². The molecule has 0 bridgehead atoms. The second-order valence-corrected chi connectivity index (χ2v) is 8.48. The maximum Gasteiger partial charge on any atom is 0.259 e. The highest BCUT2D eigenvalue weighted by Gasteiger charge is 2.50. The number of nitriles is 1. The van der Waals surface area contributed by atoms with Gasteiger partial charge in [0.05, 0.1) is 16.6 Å². The van der Waals surface area contributed by atoms with E-state index in [1.807, 2.05) is 42.5 Å². The van der Waals surface area contributed by atoms with Gasteiger partial charge >= 0.3 is 0 Å². The van der Waals surface area contributed by atoms with Crippen LogP contribution in [0.4, 0.5) is 0 Å². The number of hydrogen-bond donors (Lipinski definition) is 1. The lowest BCUT2D eigenvalue weighted by Crippen LogP contribution is -2.11. The minimum absolute atomic E-state index is 0.213. The molecule has 1 N–H and O–H groups in total. The molecule has 0 atom stereocenters. The van der Waals surface area contributed by atoms with Crippen molar-refractivity contribution >= 4 is 50.7 Å². The summed E-state index contributed by atoms with van der Waals surface area (Å²) in [5, 5.41) is 15.9. The first-order valence-electron chi connectivity index (χ1n) is 8.44. The standard InChI is InChI=1S/C20H12ClIN4O/c21-12-3-1-11(2-4-12)20(7-8-20)17-15(10-23)18-24-19(27)14-9-13(22)5-6-16(14)26(18)25-17/h1-6,9H,7-8H2,(H,24,27). The van der Waals surface area contributed by atoms with Gasteiger partial charge < -0.3 is 4.98 Å². The molecule has 1 saturated carbocycles. The van der Waals surface area contributed by atoms with Crippen LogP contribution in [0.25, 0.3) is 16.6 Å². The van der Waals surface area contributed by atoms with Crippen LogP contribution in [0.15, 0.2) is 47.3 Å². The molecule has 0 aliphatic heterocycles. The van der Waals surface area contributed by atoms with Gasteiger partial charge in [0, 0.05) is 14.0 Å². The summed E-state index contributed by atoms with van der Waals surface area (Å²) in [4.78, 5) is 15.4. The molecule has 7 heteroatoms. The molecule has 1 aliphatic carbocycles. The van der Waals surface area contributed by atoms with Gasteiger partial charge in [0.15, 0.2) is 5.65 Å². The Kier molecular flexibility index (Phi) is 3.61. The van der Waals surface area contributed by atoms with Crippen molar-refractivity contribution < 1.29 is 0 Å². The number of aromatic amines is 1. The monoisotopic (exact) mass is 486 g/mol. The smallest absolute Gasteiger partial charge is 0.259 e. The van der Waals surface area contributed by atoms with Crippen LogP contribution in [-0.2, 0) is 5.41 Å². The van der Waals surface area contributed by atoms with E-state index in [4.69, 9.17) is 16.7 Å². The molecular weight excluding hydrogens is 475 g/mol. The molecule has 2 aromatic carbocycles. The minimum atomic E-state index is -0.298. The average Bonchev–Trinajstić information content (AvgIpc) is 3.38. The fourth-order valence-corrected chi connectivity index (χ4v) is 4.37. The molecule has 5 rings (SSSR count). The van der Waals surface area contributed by atoms with Crippen molar-refractivity contribution in [3.63, 3.8) is 0 Å². The van der Waals surface area contributed by atoms with E-state index in [2.05, 4.69) is 33.6 Å². The number of rotatable bonds is 2. The topological polar surface area (TPSA) is 74.0 Å². The van der Waals surface area contributed by atoms with Crippen LogP contribution in [0.2, 0.25) is 5.02 Å². The molecular formula is C20H12ClIN4O. The molecule has 0 radical (unpaired) electrons. The van der Waals surface area contributed by atoms with E-state index in [9.17, 15) is 10.1 Å². The Labute approximate surface area is 172 Å². The highest BCUT2D eigenvalue weighted by Crippen LogP contribution is 2.54. The van der Waals surface area contributed by atoms with Gasteiger partial charge in [0.2, 0.25) is 0 Å². The van der Waals surface area contributed by atoms with Gasteiger partial charge in [0.1, 0.15) is 11.6 Å². The van der Waals surface area contributed by atoms with Crippen molar-refractivity contribution in [2.75, 3.05) is 0 Å². The summed E-state index contributed by atoms with van der Waals surface area (Å²) in [6.45, 7) is 0. The van der Waals surface area contributed by atoms with Gasteiger partial charge in [-0.2, -0.15) is 10.4 Å². The van der Waals surface area contributed by atoms with Gasteiger partial charge in [0.25, 0.3) is 5.56 Å². The van der Waals surface area contributed by atoms with Crippen LogP contribution >= 0.6 is 34.2 Å². The molecule has 1 fully saturated rings. The molecule has 0 unspecified atom stereocenters. The van der Waals surface area contributed by atoms with E-state index in [1.165, 1.54) is 0 Å². The maximum atomic E-state index is 12.6. The van der Waals surface area contributed by atoms with E-state index in [0.717, 1.165) is 22.0 Å². The van der Waals surface area contributed by atoms with Crippen LogP contribution in [-0.4, -0.2) is 14.6 Å². The summed E-state index contributed by atoms with van der Waals surface area (Å²) in [6, 6.07) is 15.6. The molecule has 132 valence electrons. The first kappa shape index (κ1) is 16.8. The van der Waals surface area contributed by atoms with Crippen molar-refractivity contribution in [1.82, 2.24) is 14.6 Å². The van der Waals surface area contributed by atoms with Gasteiger partial charge in [-0.15, -0.1) is 0 Å². The number of H-pyrrole nitrogens is 1. The Balaban J connectivity index is 1.84. The summed E-state index contributed by atoms with van der Waals surface area (Å²) >= 11 is 8.21. The van der Waals surface area contributed by atoms with E-state index >= 15 is 0 Å². The fourth-order valence-electron chi connectivity index (χ4n) is 3.75. The average molecular weight is 487 g/mol. The first-order valence-corrected chi connectivity index (χ1v) is 9.90. The van der Waals surface area contributed by atoms with E-state index in [-0.39, 0.29) is 11.0 Å². The first-order chi connectivity index (χ1) is 13.0. The van der Waals surface area contributed by atoms with Crippen molar-refractivity contribution in [3.8, 4) is 6.07 Å². The van der Waals surface area contributed by atoms with Crippen LogP contribution in [0, 0.1) is 14.9 Å². The van der Waals surface area contributed by atoms with Crippen molar-refractivity contribution in [2.24, 2.45) is 0 Å². The third-order valence-corrected chi connectivity index (χ3v) is 6.18. The normalized spacial score (nSPS) is 15.1. The molecule has 1 aliphatic rings. The Morgan fingerprint density at radius 1 is 1.22 bits per heavy atom. The van der Waals surface area contributed by atoms with Crippen molar-refractivity contribution in [3.05, 3.63) is 78.2 Å². The second kappa shape index (κ2) is 5.81. The molecule has 2 aromatic heterocycles. The summed E-state index contributed by atoms with van der Waals surface area (Å²) in [5.41, 5.74) is 2.88. The quantitative estimate of drug-likeness (QED) is 0.427. The van der Waals surface area contributed by atoms with Gasteiger partial charge in [-0.25, -0.2) is 4.52 Å². The second-order valence-electron chi connectivity index (χ2n) is 6.80. The van der Waals surface area contributed by atoms with Gasteiger partial charge in [-0.1, -0.05) is 23.7 Å². The largest absolute Gasteiger partial charge is 0.305 e. The molecule has 0 amide bonds. The van der Waals surface area contributed by atoms with Gasteiger partial charge in [-0.3, -0.25) is 4.79 Å². The molecule has 0 spiro atoms. The maximum absolute atomic E-state index is 12.6. The van der Waals surface area contributed by atoms with Crippen LogP contribution in [0.1, 0.15) is 29.7 Å². The van der Waals surface area contributed by atoms with E-state index < -0.39 is 0 Å². The summed E-state index contributed by atoms with van der Waals surface area (Å²) in [7, 11) is 0. The number of hydrogen-bond acceptors (Lipinski definition) is 3. The number of halogens is 2. The predicted octanol–water partition coefficient (Wildman–Crippen LogP) is 4.39. The zero-order valence-electron chi connectivity index (χ0n) is 14.0. The third kappa shape index (κ3) is 2.42. The van der Waals surface area contributed by atoms with Crippen LogP contribution < -0.4 is 5.56 Å². The molecule has 0 saturated heterocycles. The van der Waals surface area contributed by atoms with Crippen LogP contribution in [0.5, 0.6) is 0 Å². The predicted molar refractivity (Wildman–Crippen MR) is 112 cm³/mol. The lowest BCUT2D eigenvalue weighted by Gasteiger charge is -2.13. The van der Waals surface area contributed by atoms with Crippen LogP contribution in [0.3, 0.4) is 0 Å². The number of aromatic nitrogens is 3. The number of nitrogens with zero attached hydrogens (tertiary/aromatic N) is 3. The Morgan fingerprint density at radius 2 is 1.96 bits per heavy atom. The van der Waals surface area contributed by atoms with Crippen molar-refractivity contribution in [2.45, 2.75) is 18.3 Å². The zero-order chi connectivity index (χ0) is 18.8. The molecule has 2 heterocycles. The molecule has 4 aromatic rings. The molecule has 27 heavy (non-hydrogen) atoms. The Bertz CT molecular complexity index is 1330. The SMILES string of the molecule is N#Cc1c(C2(c3ccc(Cl)cc3)CC2)nn2c1[nH]c(=O)c1cc(I)ccc12. The highest BCUT2D eigenvalue weighted by atomic mass is 127. The number of nitrogens with one attached hydrogen (secondary N) is 1. The van der Waals surface area contributed by atoms with Gasteiger partial charge in [-0.05, 0) is 71.3 Å². The Morgan fingerprint density at radius 3 is 2.63 bits per heavy atom. The third-order valence-electron chi connectivity index (χ3n) is 5.26. The summed E-state index contributed by atoms with van der Waals surface area (Å²) in [5.74, 6) is 0. The number of fused-ring (bicyclic) bond motifs is 3.